The molecular formula is C16H23N3. The monoisotopic (exact) mass is 257 g/mol. The summed E-state index contributed by atoms with van der Waals surface area (Å²) >= 11 is 0. The first-order chi connectivity index (χ1) is 8.82. The largest absolute Gasteiger partial charge is 0.384 e. The smallest absolute Gasteiger partial charge is 0.127 e. The molecule has 3 nitrogen and oxygen atoms in total. The van der Waals surface area contributed by atoms with E-state index in [-0.39, 0.29) is 11.3 Å². The first kappa shape index (κ1) is 13.7. The summed E-state index contributed by atoms with van der Waals surface area (Å²) in [7, 11) is 1.99. The van der Waals surface area contributed by atoms with Crippen LogP contribution in [0.2, 0.25) is 0 Å². The average molecular weight is 257 g/mol. The number of hydrogen-bond donors (Lipinski definition) is 1. The third-order valence-corrected chi connectivity index (χ3v) is 3.55. The topological polar surface area (TPSA) is 43.8 Å². The van der Waals surface area contributed by atoms with Crippen molar-refractivity contribution in [3.63, 3.8) is 0 Å². The van der Waals surface area contributed by atoms with Crippen LogP contribution in [0.25, 0.3) is 0 Å². The van der Waals surface area contributed by atoms with Gasteiger partial charge in [-0.2, -0.15) is 0 Å². The third kappa shape index (κ3) is 2.50. The van der Waals surface area contributed by atoms with Gasteiger partial charge in [0, 0.05) is 18.4 Å². The molecule has 1 atom stereocenters. The predicted molar refractivity (Wildman–Crippen MR) is 80.3 cm³/mol. The van der Waals surface area contributed by atoms with E-state index in [0.29, 0.717) is 0 Å². The molecule has 0 saturated heterocycles. The Labute approximate surface area is 115 Å². The van der Waals surface area contributed by atoms with Gasteiger partial charge in [0.2, 0.25) is 0 Å². The van der Waals surface area contributed by atoms with Gasteiger partial charge >= 0.3 is 0 Å². The summed E-state index contributed by atoms with van der Waals surface area (Å²) in [6, 6.07) is 10.4. The third-order valence-electron chi connectivity index (χ3n) is 3.55. The maximum atomic E-state index is 6.24. The van der Waals surface area contributed by atoms with E-state index in [1.165, 1.54) is 5.56 Å². The molecule has 19 heavy (non-hydrogen) atoms. The molecular weight excluding hydrogens is 234 g/mol. The molecule has 1 unspecified atom stereocenters. The normalized spacial score (nSPS) is 13.5. The molecule has 0 aliphatic rings. The van der Waals surface area contributed by atoms with E-state index in [4.69, 9.17) is 10.7 Å². The quantitative estimate of drug-likeness (QED) is 0.895. The number of nitrogens with two attached hydrogens (primary N) is 1. The predicted octanol–water partition coefficient (Wildman–Crippen LogP) is 3.45. The zero-order valence-electron chi connectivity index (χ0n) is 12.4. The molecule has 0 amide bonds. The summed E-state index contributed by atoms with van der Waals surface area (Å²) in [5.41, 5.74) is 8.45. The zero-order chi connectivity index (χ0) is 14.2. The molecule has 0 aliphatic heterocycles. The van der Waals surface area contributed by atoms with Crippen LogP contribution in [0.3, 0.4) is 0 Å². The fourth-order valence-corrected chi connectivity index (χ4v) is 2.42. The Kier molecular flexibility index (Phi) is 3.40. The molecule has 2 aromatic rings. The molecule has 2 rings (SSSR count). The summed E-state index contributed by atoms with van der Waals surface area (Å²) in [6.45, 7) is 8.63. The van der Waals surface area contributed by atoms with Crippen molar-refractivity contribution in [1.82, 2.24) is 9.55 Å². The van der Waals surface area contributed by atoms with Crippen LogP contribution in [0.5, 0.6) is 0 Å². The number of hydrogen-bond acceptors (Lipinski definition) is 2. The van der Waals surface area contributed by atoms with E-state index < -0.39 is 0 Å². The van der Waals surface area contributed by atoms with Crippen LogP contribution >= 0.6 is 0 Å². The highest BCUT2D eigenvalue weighted by Gasteiger charge is 2.25. The lowest BCUT2D eigenvalue weighted by atomic mass is 9.95. The number of nitrogen functional groups attached to an aromatic ring is 1. The van der Waals surface area contributed by atoms with Crippen LogP contribution in [-0.2, 0) is 12.5 Å². The number of nitrogens with zero attached hydrogens (tertiary/aromatic N) is 2. The van der Waals surface area contributed by atoms with Gasteiger partial charge in [-0.15, -0.1) is 0 Å². The Hall–Kier alpha value is -1.77. The van der Waals surface area contributed by atoms with Crippen molar-refractivity contribution in [2.24, 2.45) is 7.05 Å². The Balaban J connectivity index is 2.47. The molecule has 2 N–H and O–H groups in total. The van der Waals surface area contributed by atoms with E-state index >= 15 is 0 Å². The first-order valence-corrected chi connectivity index (χ1v) is 6.70. The van der Waals surface area contributed by atoms with Gasteiger partial charge < -0.3 is 10.3 Å². The van der Waals surface area contributed by atoms with E-state index in [1.807, 2.05) is 17.7 Å². The second kappa shape index (κ2) is 4.72. The second-order valence-corrected chi connectivity index (χ2v) is 6.15. The Morgan fingerprint density at radius 2 is 1.74 bits per heavy atom. The molecule has 0 fully saturated rings. The number of rotatable bonds is 2. The van der Waals surface area contributed by atoms with Crippen molar-refractivity contribution >= 4 is 5.82 Å². The van der Waals surface area contributed by atoms with Crippen LogP contribution < -0.4 is 5.73 Å². The van der Waals surface area contributed by atoms with Crippen molar-refractivity contribution in [1.29, 1.82) is 0 Å². The van der Waals surface area contributed by atoms with Gasteiger partial charge in [0.15, 0.2) is 0 Å². The van der Waals surface area contributed by atoms with Gasteiger partial charge in [-0.05, 0) is 5.56 Å². The summed E-state index contributed by atoms with van der Waals surface area (Å²) in [4.78, 5) is 4.79. The number of aromatic nitrogens is 2. The Bertz CT molecular complexity index is 562. The van der Waals surface area contributed by atoms with Crippen LogP contribution in [0.15, 0.2) is 30.3 Å². The van der Waals surface area contributed by atoms with Crippen LogP contribution in [-0.4, -0.2) is 9.55 Å². The highest BCUT2D eigenvalue weighted by molar-refractivity contribution is 5.45. The van der Waals surface area contributed by atoms with Gasteiger partial charge in [-0.25, -0.2) is 4.98 Å². The van der Waals surface area contributed by atoms with Crippen molar-refractivity contribution in [3.8, 4) is 0 Å². The SMILES string of the molecule is CC(c1ccccc1)c1nc(C(C)(C)C)n(C)c1N. The second-order valence-electron chi connectivity index (χ2n) is 6.15. The molecule has 1 heterocycles. The number of benzene rings is 1. The fourth-order valence-electron chi connectivity index (χ4n) is 2.42. The molecule has 0 saturated carbocycles. The first-order valence-electron chi connectivity index (χ1n) is 6.70. The van der Waals surface area contributed by atoms with Gasteiger partial charge in [-0.3, -0.25) is 0 Å². The van der Waals surface area contributed by atoms with Gasteiger partial charge in [0.25, 0.3) is 0 Å². The van der Waals surface area contributed by atoms with Crippen molar-refractivity contribution in [2.75, 3.05) is 5.73 Å². The van der Waals surface area contributed by atoms with E-state index in [9.17, 15) is 0 Å². The maximum absolute atomic E-state index is 6.24. The van der Waals surface area contributed by atoms with Crippen LogP contribution in [0.4, 0.5) is 5.82 Å². The van der Waals surface area contributed by atoms with E-state index in [2.05, 4.69) is 52.0 Å². The highest BCUT2D eigenvalue weighted by Crippen LogP contribution is 2.31. The minimum atomic E-state index is -0.00245. The number of imidazole rings is 1. The van der Waals surface area contributed by atoms with Crippen molar-refractivity contribution in [3.05, 3.63) is 47.4 Å². The summed E-state index contributed by atoms with van der Waals surface area (Å²) in [6.07, 6.45) is 0. The lowest BCUT2D eigenvalue weighted by molar-refractivity contribution is 0.523. The minimum absolute atomic E-state index is 0.00245. The number of anilines is 1. The van der Waals surface area contributed by atoms with E-state index in [1.54, 1.807) is 0 Å². The molecule has 102 valence electrons. The maximum Gasteiger partial charge on any atom is 0.127 e. The van der Waals surface area contributed by atoms with Gasteiger partial charge in [-0.1, -0.05) is 58.0 Å². The van der Waals surface area contributed by atoms with Gasteiger partial charge in [0.1, 0.15) is 11.6 Å². The molecule has 3 heteroatoms. The lowest BCUT2D eigenvalue weighted by Gasteiger charge is -2.17. The average Bonchev–Trinajstić information content (AvgIpc) is 2.66. The molecule has 1 aromatic heterocycles. The zero-order valence-corrected chi connectivity index (χ0v) is 12.4. The van der Waals surface area contributed by atoms with Crippen molar-refractivity contribution in [2.45, 2.75) is 39.0 Å². The summed E-state index contributed by atoms with van der Waals surface area (Å²) in [5.74, 6) is 2.01. The Morgan fingerprint density at radius 1 is 1.16 bits per heavy atom. The van der Waals surface area contributed by atoms with Crippen molar-refractivity contribution < 1.29 is 0 Å². The van der Waals surface area contributed by atoms with E-state index in [0.717, 1.165) is 17.3 Å². The van der Waals surface area contributed by atoms with Gasteiger partial charge in [0.05, 0.1) is 5.69 Å². The summed E-state index contributed by atoms with van der Waals surface area (Å²) < 4.78 is 2.01. The standard InChI is InChI=1S/C16H23N3/c1-11(12-9-7-6-8-10-12)13-14(17)19(5)15(18-13)16(2,3)4/h6-11H,17H2,1-5H3. The van der Waals surface area contributed by atoms with Crippen LogP contribution in [0.1, 0.15) is 50.7 Å². The highest BCUT2D eigenvalue weighted by atomic mass is 15.1. The fraction of sp³-hybridized carbons (Fsp3) is 0.438. The lowest BCUT2D eigenvalue weighted by Crippen LogP contribution is -2.18. The molecule has 0 bridgehead atoms. The molecule has 0 aliphatic carbocycles. The van der Waals surface area contributed by atoms with Crippen LogP contribution in [0, 0.1) is 0 Å². The molecule has 0 radical (unpaired) electrons. The molecule has 1 aromatic carbocycles. The molecule has 0 spiro atoms. The summed E-state index contributed by atoms with van der Waals surface area (Å²) in [5, 5.41) is 0. The Morgan fingerprint density at radius 3 is 2.21 bits per heavy atom. The minimum Gasteiger partial charge on any atom is -0.384 e.